The zero-order valence-electron chi connectivity index (χ0n) is 16.3. The van der Waals surface area contributed by atoms with E-state index < -0.39 is 11.6 Å². The highest BCUT2D eigenvalue weighted by Crippen LogP contribution is 2.25. The maximum Gasteiger partial charge on any atom is 0.351 e. The first-order valence-electron chi connectivity index (χ1n) is 9.57. The Bertz CT molecular complexity index is 1140. The van der Waals surface area contributed by atoms with Crippen molar-refractivity contribution in [3.63, 3.8) is 0 Å². The van der Waals surface area contributed by atoms with Crippen LogP contribution in [0.5, 0.6) is 0 Å². The molecule has 6 nitrogen and oxygen atoms in total. The molecule has 0 bridgehead atoms. The van der Waals surface area contributed by atoms with Gasteiger partial charge >= 0.3 is 11.6 Å². The third kappa shape index (κ3) is 3.92. The van der Waals surface area contributed by atoms with Crippen molar-refractivity contribution in [2.75, 3.05) is 6.61 Å². The van der Waals surface area contributed by atoms with Crippen molar-refractivity contribution in [1.82, 2.24) is 0 Å². The quantitative estimate of drug-likeness (QED) is 0.485. The summed E-state index contributed by atoms with van der Waals surface area (Å²) >= 11 is 0. The number of carbonyl (C=O) groups is 1. The maximum absolute atomic E-state index is 12.3. The SMILES string of the molecule is CCOC(=O)c1cc2cccc(CC3CC(c4ccc(C)cc4)=NO3)c2oc1=O. The molecule has 1 aliphatic rings. The molecule has 2 heterocycles. The summed E-state index contributed by atoms with van der Waals surface area (Å²) in [7, 11) is 0. The molecule has 0 saturated heterocycles. The lowest BCUT2D eigenvalue weighted by molar-refractivity contribution is 0.0521. The smallest absolute Gasteiger partial charge is 0.351 e. The van der Waals surface area contributed by atoms with Crippen molar-refractivity contribution >= 4 is 22.7 Å². The topological polar surface area (TPSA) is 78.1 Å². The minimum atomic E-state index is -0.702. The van der Waals surface area contributed by atoms with Gasteiger partial charge in [-0.2, -0.15) is 0 Å². The van der Waals surface area contributed by atoms with E-state index in [0.29, 0.717) is 23.8 Å². The van der Waals surface area contributed by atoms with Gasteiger partial charge in [0.05, 0.1) is 12.3 Å². The molecule has 3 aromatic rings. The molecule has 1 aliphatic heterocycles. The Labute approximate surface area is 167 Å². The van der Waals surface area contributed by atoms with E-state index in [1.54, 1.807) is 13.0 Å². The van der Waals surface area contributed by atoms with Gasteiger partial charge in [0, 0.05) is 18.2 Å². The van der Waals surface area contributed by atoms with Crippen molar-refractivity contribution < 1.29 is 18.8 Å². The zero-order valence-corrected chi connectivity index (χ0v) is 16.3. The first-order chi connectivity index (χ1) is 14.0. The normalized spacial score (nSPS) is 15.8. The van der Waals surface area contributed by atoms with Crippen molar-refractivity contribution in [2.45, 2.75) is 32.8 Å². The van der Waals surface area contributed by atoms with Crippen LogP contribution in [0.4, 0.5) is 0 Å². The number of ether oxygens (including phenoxy) is 1. The fourth-order valence-corrected chi connectivity index (χ4v) is 3.42. The molecule has 0 fully saturated rings. The van der Waals surface area contributed by atoms with Crippen molar-refractivity contribution in [1.29, 1.82) is 0 Å². The predicted octanol–water partition coefficient (Wildman–Crippen LogP) is 4.01. The average Bonchev–Trinajstić information content (AvgIpc) is 3.17. The fraction of sp³-hybridized carbons (Fsp3) is 0.261. The number of nitrogens with zero attached hydrogens (tertiary/aromatic N) is 1. The number of hydrogen-bond donors (Lipinski definition) is 0. The lowest BCUT2D eigenvalue weighted by Gasteiger charge is -2.10. The molecule has 1 aromatic heterocycles. The molecular weight excluding hydrogens is 370 g/mol. The van der Waals surface area contributed by atoms with Crippen LogP contribution in [0.25, 0.3) is 11.0 Å². The Balaban J connectivity index is 1.56. The molecule has 0 radical (unpaired) electrons. The van der Waals surface area contributed by atoms with E-state index in [9.17, 15) is 9.59 Å². The van der Waals surface area contributed by atoms with Gasteiger partial charge < -0.3 is 14.0 Å². The van der Waals surface area contributed by atoms with Crippen LogP contribution in [0.2, 0.25) is 0 Å². The first kappa shape index (κ1) is 18.9. The number of rotatable bonds is 5. The number of benzene rings is 2. The number of esters is 1. The number of hydrogen-bond acceptors (Lipinski definition) is 6. The third-order valence-electron chi connectivity index (χ3n) is 4.90. The first-order valence-corrected chi connectivity index (χ1v) is 9.57. The standard InChI is InChI=1S/C23H21NO5/c1-3-27-22(25)19-12-17-6-4-5-16(21(17)28-23(19)26)11-18-13-20(24-29-18)15-9-7-14(2)8-10-15/h4-10,12,18H,3,11,13H2,1-2H3. The number of oxime groups is 1. The van der Waals surface area contributed by atoms with Crippen LogP contribution >= 0.6 is 0 Å². The molecule has 29 heavy (non-hydrogen) atoms. The van der Waals surface area contributed by atoms with Crippen LogP contribution in [-0.2, 0) is 16.0 Å². The lowest BCUT2D eigenvalue weighted by atomic mass is 9.98. The second-order valence-electron chi connectivity index (χ2n) is 7.04. The largest absolute Gasteiger partial charge is 0.462 e. The molecular formula is C23H21NO5. The van der Waals surface area contributed by atoms with Gasteiger partial charge in [-0.25, -0.2) is 9.59 Å². The van der Waals surface area contributed by atoms with Crippen LogP contribution in [0, 0.1) is 6.92 Å². The van der Waals surface area contributed by atoms with Gasteiger partial charge in [-0.1, -0.05) is 53.2 Å². The van der Waals surface area contributed by atoms with E-state index in [0.717, 1.165) is 16.8 Å². The second-order valence-corrected chi connectivity index (χ2v) is 7.04. The highest BCUT2D eigenvalue weighted by molar-refractivity contribution is 6.01. The molecule has 0 spiro atoms. The fourth-order valence-electron chi connectivity index (χ4n) is 3.42. The van der Waals surface area contributed by atoms with Gasteiger partial charge in [0.1, 0.15) is 17.3 Å². The van der Waals surface area contributed by atoms with E-state index in [1.807, 2.05) is 43.3 Å². The predicted molar refractivity (Wildman–Crippen MR) is 109 cm³/mol. The molecule has 2 aromatic carbocycles. The van der Waals surface area contributed by atoms with Crippen molar-refractivity contribution in [2.24, 2.45) is 5.16 Å². The van der Waals surface area contributed by atoms with Crippen molar-refractivity contribution in [3.8, 4) is 0 Å². The lowest BCUT2D eigenvalue weighted by Crippen LogP contribution is -2.17. The monoisotopic (exact) mass is 391 g/mol. The van der Waals surface area contributed by atoms with Gasteiger partial charge in [-0.05, 0) is 31.0 Å². The second kappa shape index (κ2) is 7.91. The van der Waals surface area contributed by atoms with Crippen LogP contribution in [0.3, 0.4) is 0 Å². The Kier molecular flexibility index (Phi) is 5.16. The van der Waals surface area contributed by atoms with E-state index in [4.69, 9.17) is 14.0 Å². The van der Waals surface area contributed by atoms with Gasteiger partial charge in [0.15, 0.2) is 0 Å². The molecule has 4 rings (SSSR count). The Hall–Kier alpha value is -3.41. The van der Waals surface area contributed by atoms with Crippen molar-refractivity contribution in [3.05, 3.63) is 81.2 Å². The number of fused-ring (bicyclic) bond motifs is 1. The van der Waals surface area contributed by atoms with Crippen LogP contribution in [0.15, 0.2) is 62.9 Å². The van der Waals surface area contributed by atoms with Crippen LogP contribution in [-0.4, -0.2) is 24.4 Å². The van der Waals surface area contributed by atoms with Crippen LogP contribution in [0.1, 0.15) is 40.4 Å². The van der Waals surface area contributed by atoms with Gasteiger partial charge in [-0.3, -0.25) is 0 Å². The Morgan fingerprint density at radius 3 is 2.76 bits per heavy atom. The summed E-state index contributed by atoms with van der Waals surface area (Å²) in [4.78, 5) is 29.9. The number of aryl methyl sites for hydroxylation is 1. The molecule has 6 heteroatoms. The molecule has 0 amide bonds. The molecule has 1 atom stereocenters. The van der Waals surface area contributed by atoms with Gasteiger partial charge in [0.25, 0.3) is 0 Å². The highest BCUT2D eigenvalue weighted by atomic mass is 16.6. The minimum Gasteiger partial charge on any atom is -0.462 e. The summed E-state index contributed by atoms with van der Waals surface area (Å²) in [5.41, 5.74) is 3.63. The summed E-state index contributed by atoms with van der Waals surface area (Å²) in [5, 5.41) is 4.90. The highest BCUT2D eigenvalue weighted by Gasteiger charge is 2.24. The van der Waals surface area contributed by atoms with Gasteiger partial charge in [0.2, 0.25) is 0 Å². The molecule has 148 valence electrons. The van der Waals surface area contributed by atoms with E-state index in [-0.39, 0.29) is 18.3 Å². The maximum atomic E-state index is 12.3. The summed E-state index contributed by atoms with van der Waals surface area (Å²) in [5.74, 6) is -0.677. The summed E-state index contributed by atoms with van der Waals surface area (Å²) in [6.45, 7) is 3.92. The Morgan fingerprint density at radius 2 is 2.00 bits per heavy atom. The summed E-state index contributed by atoms with van der Waals surface area (Å²) in [6.07, 6.45) is 1.06. The average molecular weight is 391 g/mol. The molecule has 0 saturated carbocycles. The third-order valence-corrected chi connectivity index (χ3v) is 4.90. The van der Waals surface area contributed by atoms with Gasteiger partial charge in [-0.15, -0.1) is 0 Å². The number of para-hydroxylation sites is 1. The summed E-state index contributed by atoms with van der Waals surface area (Å²) < 4.78 is 10.4. The van der Waals surface area contributed by atoms with Crippen LogP contribution < -0.4 is 5.63 Å². The Morgan fingerprint density at radius 1 is 1.21 bits per heavy atom. The molecule has 0 aliphatic carbocycles. The van der Waals surface area contributed by atoms with E-state index in [2.05, 4.69) is 5.16 Å². The number of carbonyl (C=O) groups excluding carboxylic acids is 1. The summed E-state index contributed by atoms with van der Waals surface area (Å²) in [6, 6.07) is 15.2. The zero-order chi connectivity index (χ0) is 20.4. The van der Waals surface area contributed by atoms with E-state index >= 15 is 0 Å². The minimum absolute atomic E-state index is 0.0985. The molecule has 1 unspecified atom stereocenters. The van der Waals surface area contributed by atoms with E-state index in [1.165, 1.54) is 11.6 Å². The molecule has 0 N–H and O–H groups in total.